The summed E-state index contributed by atoms with van der Waals surface area (Å²) in [6, 6.07) is 12.0. The fourth-order valence-corrected chi connectivity index (χ4v) is 2.46. The number of benzene rings is 1. The van der Waals surface area contributed by atoms with Crippen LogP contribution in [0.25, 0.3) is 5.65 Å². The molecule has 2 N–H and O–H groups in total. The van der Waals surface area contributed by atoms with E-state index in [0.29, 0.717) is 23.5 Å². The van der Waals surface area contributed by atoms with Crippen molar-refractivity contribution in [3.8, 4) is 0 Å². The highest BCUT2D eigenvalue weighted by Gasteiger charge is 2.31. The van der Waals surface area contributed by atoms with Gasteiger partial charge in [-0.1, -0.05) is 30.3 Å². The Kier molecular flexibility index (Phi) is 3.62. The van der Waals surface area contributed by atoms with E-state index in [0.717, 1.165) is 17.8 Å². The molecule has 0 saturated heterocycles. The summed E-state index contributed by atoms with van der Waals surface area (Å²) in [5, 5.41) is 0. The number of alkyl halides is 3. The second-order valence-corrected chi connectivity index (χ2v) is 5.02. The first kappa shape index (κ1) is 14.6. The molecule has 3 nitrogen and oxygen atoms in total. The third-order valence-corrected chi connectivity index (χ3v) is 3.54. The molecule has 0 aliphatic heterocycles. The second-order valence-electron chi connectivity index (χ2n) is 5.02. The summed E-state index contributed by atoms with van der Waals surface area (Å²) in [4.78, 5) is 4.42. The topological polar surface area (TPSA) is 43.3 Å². The van der Waals surface area contributed by atoms with Crippen LogP contribution in [0.4, 0.5) is 13.2 Å². The van der Waals surface area contributed by atoms with Gasteiger partial charge in [-0.05, 0) is 17.7 Å². The van der Waals surface area contributed by atoms with Crippen LogP contribution in [0.1, 0.15) is 22.5 Å². The van der Waals surface area contributed by atoms with Gasteiger partial charge in [-0.2, -0.15) is 13.2 Å². The molecule has 0 radical (unpaired) electrons. The molecular weight excluding hydrogens is 291 g/mol. The van der Waals surface area contributed by atoms with Crippen molar-refractivity contribution >= 4 is 5.65 Å². The van der Waals surface area contributed by atoms with Crippen LogP contribution in [0.5, 0.6) is 0 Å². The Hall–Kier alpha value is -2.34. The standard InChI is InChI=1S/C16H14F3N3/c17-16(18,19)12-6-7-15-21-13(14(9-20)22(15)10-12)8-11-4-2-1-3-5-11/h1-7,10H,8-9,20H2. The molecule has 0 saturated carbocycles. The normalized spacial score (nSPS) is 12.0. The molecule has 0 amide bonds. The van der Waals surface area contributed by atoms with Gasteiger partial charge in [0, 0.05) is 19.2 Å². The number of hydrogen-bond acceptors (Lipinski definition) is 2. The van der Waals surface area contributed by atoms with Crippen molar-refractivity contribution in [3.05, 3.63) is 71.2 Å². The number of fused-ring (bicyclic) bond motifs is 1. The van der Waals surface area contributed by atoms with Gasteiger partial charge in [-0.25, -0.2) is 4.98 Å². The van der Waals surface area contributed by atoms with Gasteiger partial charge in [0.25, 0.3) is 0 Å². The molecule has 3 aromatic rings. The summed E-state index contributed by atoms with van der Waals surface area (Å²) >= 11 is 0. The summed E-state index contributed by atoms with van der Waals surface area (Å²) < 4.78 is 40.0. The fraction of sp³-hybridized carbons (Fsp3) is 0.188. The van der Waals surface area contributed by atoms with Crippen LogP contribution in [-0.2, 0) is 19.1 Å². The van der Waals surface area contributed by atoms with Crippen molar-refractivity contribution in [1.82, 2.24) is 9.38 Å². The van der Waals surface area contributed by atoms with Gasteiger partial charge < -0.3 is 10.1 Å². The smallest absolute Gasteiger partial charge is 0.325 e. The van der Waals surface area contributed by atoms with Crippen molar-refractivity contribution < 1.29 is 13.2 Å². The molecular formula is C16H14F3N3. The maximum atomic E-state index is 12.8. The van der Waals surface area contributed by atoms with Crippen molar-refractivity contribution in [2.45, 2.75) is 19.1 Å². The maximum absolute atomic E-state index is 12.8. The first-order chi connectivity index (χ1) is 10.5. The van der Waals surface area contributed by atoms with E-state index in [1.54, 1.807) is 0 Å². The maximum Gasteiger partial charge on any atom is 0.417 e. The first-order valence-electron chi connectivity index (χ1n) is 6.80. The average molecular weight is 305 g/mol. The van der Waals surface area contributed by atoms with Crippen molar-refractivity contribution in [1.29, 1.82) is 0 Å². The van der Waals surface area contributed by atoms with Gasteiger partial charge in [-0.3, -0.25) is 0 Å². The zero-order valence-electron chi connectivity index (χ0n) is 11.6. The predicted molar refractivity (Wildman–Crippen MR) is 77.3 cm³/mol. The number of hydrogen-bond donors (Lipinski definition) is 1. The Labute approximate surface area is 125 Å². The van der Waals surface area contributed by atoms with Crippen molar-refractivity contribution in [3.63, 3.8) is 0 Å². The van der Waals surface area contributed by atoms with Crippen LogP contribution in [0.15, 0.2) is 48.7 Å². The minimum absolute atomic E-state index is 0.130. The zero-order chi connectivity index (χ0) is 15.7. The number of imidazole rings is 1. The lowest BCUT2D eigenvalue weighted by Crippen LogP contribution is -2.09. The summed E-state index contributed by atoms with van der Waals surface area (Å²) in [6.45, 7) is 0.130. The largest absolute Gasteiger partial charge is 0.417 e. The number of halogens is 3. The van der Waals surface area contributed by atoms with E-state index in [1.165, 1.54) is 10.5 Å². The molecule has 0 unspecified atom stereocenters. The Balaban J connectivity index is 2.08. The average Bonchev–Trinajstić information content (AvgIpc) is 2.83. The van der Waals surface area contributed by atoms with Crippen LogP contribution < -0.4 is 5.73 Å². The Morgan fingerprint density at radius 2 is 1.77 bits per heavy atom. The van der Waals surface area contributed by atoms with E-state index in [1.807, 2.05) is 30.3 Å². The van der Waals surface area contributed by atoms with E-state index in [2.05, 4.69) is 4.98 Å². The minimum atomic E-state index is -4.38. The van der Waals surface area contributed by atoms with Crippen LogP contribution in [-0.4, -0.2) is 9.38 Å². The summed E-state index contributed by atoms with van der Waals surface area (Å²) in [5.74, 6) is 0. The third kappa shape index (κ3) is 2.69. The molecule has 1 aromatic carbocycles. The SMILES string of the molecule is NCc1c(Cc2ccccc2)nc2ccc(C(F)(F)F)cn12. The molecule has 3 rings (SSSR count). The molecule has 0 spiro atoms. The number of nitrogens with two attached hydrogens (primary N) is 1. The summed E-state index contributed by atoms with van der Waals surface area (Å²) in [7, 11) is 0. The van der Waals surface area contributed by atoms with Gasteiger partial charge >= 0.3 is 6.18 Å². The number of pyridine rings is 1. The molecule has 2 heterocycles. The quantitative estimate of drug-likeness (QED) is 0.806. The molecule has 22 heavy (non-hydrogen) atoms. The molecule has 0 atom stereocenters. The van der Waals surface area contributed by atoms with E-state index in [9.17, 15) is 13.2 Å². The molecule has 6 heteroatoms. The van der Waals surface area contributed by atoms with Crippen LogP contribution in [0.3, 0.4) is 0 Å². The number of rotatable bonds is 3. The molecule has 2 aromatic heterocycles. The minimum Gasteiger partial charge on any atom is -0.325 e. The highest BCUT2D eigenvalue weighted by molar-refractivity contribution is 5.46. The first-order valence-corrected chi connectivity index (χ1v) is 6.80. The Bertz CT molecular complexity index is 791. The highest BCUT2D eigenvalue weighted by Crippen LogP contribution is 2.30. The fourth-order valence-electron chi connectivity index (χ4n) is 2.46. The van der Waals surface area contributed by atoms with Crippen molar-refractivity contribution in [2.24, 2.45) is 5.73 Å². The Morgan fingerprint density at radius 1 is 1.05 bits per heavy atom. The van der Waals surface area contributed by atoms with Gasteiger partial charge in [0.1, 0.15) is 5.65 Å². The van der Waals surface area contributed by atoms with E-state index < -0.39 is 11.7 Å². The van der Waals surface area contributed by atoms with Crippen molar-refractivity contribution in [2.75, 3.05) is 0 Å². The molecule has 0 aliphatic carbocycles. The van der Waals surface area contributed by atoms with Gasteiger partial charge in [0.15, 0.2) is 0 Å². The number of aromatic nitrogens is 2. The van der Waals surface area contributed by atoms with E-state index in [4.69, 9.17) is 5.73 Å². The lowest BCUT2D eigenvalue weighted by molar-refractivity contribution is -0.137. The van der Waals surface area contributed by atoms with Crippen LogP contribution >= 0.6 is 0 Å². The summed E-state index contributed by atoms with van der Waals surface area (Å²) in [6.07, 6.45) is -2.79. The molecule has 0 aliphatic rings. The van der Waals surface area contributed by atoms with Crippen LogP contribution in [0, 0.1) is 0 Å². The lowest BCUT2D eigenvalue weighted by Gasteiger charge is -2.08. The van der Waals surface area contributed by atoms with Gasteiger partial charge in [0.05, 0.1) is 17.0 Å². The third-order valence-electron chi connectivity index (χ3n) is 3.54. The highest BCUT2D eigenvalue weighted by atomic mass is 19.4. The summed E-state index contributed by atoms with van der Waals surface area (Å²) in [5.41, 5.74) is 7.84. The van der Waals surface area contributed by atoms with E-state index >= 15 is 0 Å². The Morgan fingerprint density at radius 3 is 2.41 bits per heavy atom. The van der Waals surface area contributed by atoms with E-state index in [-0.39, 0.29) is 6.54 Å². The second kappa shape index (κ2) is 5.46. The van der Waals surface area contributed by atoms with Gasteiger partial charge in [0.2, 0.25) is 0 Å². The molecule has 0 bridgehead atoms. The predicted octanol–water partition coefficient (Wildman–Crippen LogP) is 3.40. The number of nitrogens with zero attached hydrogens (tertiary/aromatic N) is 2. The lowest BCUT2D eigenvalue weighted by atomic mass is 10.1. The monoisotopic (exact) mass is 305 g/mol. The zero-order valence-corrected chi connectivity index (χ0v) is 11.6. The molecule has 114 valence electrons. The molecule has 0 fully saturated rings. The van der Waals surface area contributed by atoms with Gasteiger partial charge in [-0.15, -0.1) is 0 Å². The van der Waals surface area contributed by atoms with Crippen LogP contribution in [0.2, 0.25) is 0 Å².